The fourth-order valence-corrected chi connectivity index (χ4v) is 1.95. The summed E-state index contributed by atoms with van der Waals surface area (Å²) in [5, 5.41) is 14.4. The van der Waals surface area contributed by atoms with Crippen LogP contribution in [0.5, 0.6) is 0 Å². The molecule has 0 fully saturated rings. The van der Waals surface area contributed by atoms with Crippen molar-refractivity contribution in [1.29, 1.82) is 0 Å². The SMILES string of the molecule is CCC(C)[C@H](C[N+](=O)[O-])c1cc(C(F)(F)F)n(C)n1.O=C=O. The van der Waals surface area contributed by atoms with Crippen molar-refractivity contribution in [3.05, 3.63) is 27.6 Å². The van der Waals surface area contributed by atoms with Crippen LogP contribution in [-0.2, 0) is 22.8 Å². The van der Waals surface area contributed by atoms with Crippen LogP contribution in [0.1, 0.15) is 37.6 Å². The van der Waals surface area contributed by atoms with Crippen LogP contribution < -0.4 is 0 Å². The maximum Gasteiger partial charge on any atom is 0.433 e. The van der Waals surface area contributed by atoms with Crippen molar-refractivity contribution in [2.24, 2.45) is 13.0 Å². The number of aromatic nitrogens is 2. The molecule has 0 aliphatic rings. The zero-order valence-electron chi connectivity index (χ0n) is 12.3. The molecule has 10 heteroatoms. The van der Waals surface area contributed by atoms with Gasteiger partial charge in [0.1, 0.15) is 5.69 Å². The number of aryl methyl sites for hydroxylation is 1. The Balaban J connectivity index is 0.00000135. The molecule has 0 saturated heterocycles. The smallest absolute Gasteiger partial charge is 0.265 e. The van der Waals surface area contributed by atoms with Gasteiger partial charge in [-0.25, -0.2) is 0 Å². The van der Waals surface area contributed by atoms with Crippen LogP contribution in [0, 0.1) is 16.0 Å². The first-order valence-electron chi connectivity index (χ1n) is 6.30. The first-order valence-corrected chi connectivity index (χ1v) is 6.30. The lowest BCUT2D eigenvalue weighted by molar-refractivity contribution is -0.485. The number of alkyl halides is 3. The second-order valence-corrected chi connectivity index (χ2v) is 4.67. The quantitative estimate of drug-likeness (QED) is 0.612. The molecule has 0 spiro atoms. The fourth-order valence-electron chi connectivity index (χ4n) is 1.95. The third kappa shape index (κ3) is 5.65. The van der Waals surface area contributed by atoms with E-state index in [9.17, 15) is 23.3 Å². The summed E-state index contributed by atoms with van der Waals surface area (Å²) in [6, 6.07) is 0.903. The molecule has 1 heterocycles. The van der Waals surface area contributed by atoms with E-state index in [2.05, 4.69) is 5.10 Å². The molecule has 0 aliphatic carbocycles. The predicted molar refractivity (Wildman–Crippen MR) is 67.3 cm³/mol. The van der Waals surface area contributed by atoms with E-state index in [1.807, 2.05) is 6.92 Å². The van der Waals surface area contributed by atoms with Crippen LogP contribution in [0.25, 0.3) is 0 Å². The molecule has 0 bridgehead atoms. The van der Waals surface area contributed by atoms with E-state index in [4.69, 9.17) is 9.59 Å². The van der Waals surface area contributed by atoms with E-state index in [-0.39, 0.29) is 17.8 Å². The van der Waals surface area contributed by atoms with E-state index >= 15 is 0 Å². The van der Waals surface area contributed by atoms with E-state index in [1.54, 1.807) is 6.92 Å². The number of nitrogens with zero attached hydrogens (tertiary/aromatic N) is 3. The van der Waals surface area contributed by atoms with E-state index < -0.39 is 29.3 Å². The molecule has 124 valence electrons. The van der Waals surface area contributed by atoms with Crippen molar-refractivity contribution in [3.63, 3.8) is 0 Å². The molecule has 0 aliphatic heterocycles. The summed E-state index contributed by atoms with van der Waals surface area (Å²) in [4.78, 5) is 26.4. The van der Waals surface area contributed by atoms with Crippen LogP contribution >= 0.6 is 0 Å². The minimum absolute atomic E-state index is 0.110. The minimum Gasteiger partial charge on any atom is -0.265 e. The van der Waals surface area contributed by atoms with Gasteiger partial charge in [-0.2, -0.15) is 27.9 Å². The second-order valence-electron chi connectivity index (χ2n) is 4.67. The third-order valence-corrected chi connectivity index (χ3v) is 3.25. The second kappa shape index (κ2) is 8.28. The average Bonchev–Trinajstić information content (AvgIpc) is 2.77. The summed E-state index contributed by atoms with van der Waals surface area (Å²) in [6.45, 7) is 3.20. The number of rotatable bonds is 5. The van der Waals surface area contributed by atoms with Gasteiger partial charge in [-0.3, -0.25) is 14.8 Å². The molecule has 1 rings (SSSR count). The lowest BCUT2D eigenvalue weighted by Gasteiger charge is -2.16. The van der Waals surface area contributed by atoms with E-state index in [1.165, 1.54) is 7.05 Å². The molecule has 22 heavy (non-hydrogen) atoms. The van der Waals surface area contributed by atoms with E-state index in [0.717, 1.165) is 10.7 Å². The third-order valence-electron chi connectivity index (χ3n) is 3.25. The van der Waals surface area contributed by atoms with Gasteiger partial charge in [-0.1, -0.05) is 20.3 Å². The lowest BCUT2D eigenvalue weighted by Crippen LogP contribution is -2.19. The molecule has 1 unspecified atom stereocenters. The van der Waals surface area contributed by atoms with Crippen LogP contribution in [0.15, 0.2) is 6.07 Å². The predicted octanol–water partition coefficient (Wildman–Crippen LogP) is 2.26. The number of halogens is 3. The van der Waals surface area contributed by atoms with Gasteiger partial charge in [0.15, 0.2) is 0 Å². The fraction of sp³-hybridized carbons (Fsp3) is 0.667. The maximum absolute atomic E-state index is 12.7. The Bertz CT molecular complexity index is 536. The van der Waals surface area contributed by atoms with Gasteiger partial charge in [0.25, 0.3) is 0 Å². The molecule has 0 amide bonds. The largest absolute Gasteiger partial charge is 0.433 e. The van der Waals surface area contributed by atoms with Gasteiger partial charge in [-0.15, -0.1) is 0 Å². The zero-order chi connectivity index (χ0) is 17.5. The highest BCUT2D eigenvalue weighted by Crippen LogP contribution is 2.33. The highest BCUT2D eigenvalue weighted by molar-refractivity contribution is 5.20. The van der Waals surface area contributed by atoms with Crippen molar-refractivity contribution in [1.82, 2.24) is 9.78 Å². The lowest BCUT2D eigenvalue weighted by atomic mass is 9.89. The van der Waals surface area contributed by atoms with Crippen LogP contribution in [0.4, 0.5) is 13.2 Å². The van der Waals surface area contributed by atoms with Gasteiger partial charge < -0.3 is 0 Å². The minimum atomic E-state index is -4.51. The zero-order valence-corrected chi connectivity index (χ0v) is 12.3. The number of nitro groups is 1. The maximum atomic E-state index is 12.7. The molecule has 0 N–H and O–H groups in total. The molecule has 2 atom stereocenters. The number of carbonyl (C=O) groups excluding carboxylic acids is 2. The number of hydrogen-bond donors (Lipinski definition) is 0. The van der Waals surface area contributed by atoms with Crippen molar-refractivity contribution in [2.75, 3.05) is 6.54 Å². The Hall–Kier alpha value is -2.22. The highest BCUT2D eigenvalue weighted by Gasteiger charge is 2.37. The Morgan fingerprint density at radius 2 is 1.95 bits per heavy atom. The highest BCUT2D eigenvalue weighted by atomic mass is 19.4. The molecular weight excluding hydrogens is 307 g/mol. The molecule has 7 nitrogen and oxygen atoms in total. The van der Waals surface area contributed by atoms with Crippen molar-refractivity contribution in [3.8, 4) is 0 Å². The molecule has 1 aromatic heterocycles. The molecule has 0 radical (unpaired) electrons. The Labute approximate surface area is 124 Å². The van der Waals surface area contributed by atoms with Crippen molar-refractivity contribution >= 4 is 6.15 Å². The summed E-state index contributed by atoms with van der Waals surface area (Å²) in [7, 11) is 1.19. The molecular formula is C12H16F3N3O4. The average molecular weight is 323 g/mol. The van der Waals surface area contributed by atoms with Crippen LogP contribution in [0.2, 0.25) is 0 Å². The molecule has 0 saturated carbocycles. The van der Waals surface area contributed by atoms with Crippen LogP contribution in [0.3, 0.4) is 0 Å². The Morgan fingerprint density at radius 3 is 2.27 bits per heavy atom. The normalized spacial score (nSPS) is 13.5. The summed E-state index contributed by atoms with van der Waals surface area (Å²) < 4.78 is 38.8. The summed E-state index contributed by atoms with van der Waals surface area (Å²) in [5.74, 6) is -0.719. The standard InChI is InChI=1S/C11H16F3N3O2.CO2/c1-4-7(2)8(6-17(18)19)9-5-10(11(12,13)14)16(3)15-9;2-1-3/h5,7-8H,4,6H2,1-3H3;/t7?,8-;/m0./s1. The Morgan fingerprint density at radius 1 is 1.45 bits per heavy atom. The molecule has 1 aromatic rings. The summed E-state index contributed by atoms with van der Waals surface area (Å²) in [6.07, 6.45) is -3.62. The van der Waals surface area contributed by atoms with Crippen molar-refractivity contribution < 1.29 is 27.7 Å². The summed E-state index contributed by atoms with van der Waals surface area (Å²) in [5.41, 5.74) is -0.764. The van der Waals surface area contributed by atoms with Crippen molar-refractivity contribution in [2.45, 2.75) is 32.4 Å². The van der Waals surface area contributed by atoms with Gasteiger partial charge in [0, 0.05) is 12.0 Å². The first kappa shape index (κ1) is 19.8. The van der Waals surface area contributed by atoms with Gasteiger partial charge in [0.2, 0.25) is 6.54 Å². The van der Waals surface area contributed by atoms with Gasteiger partial charge in [-0.05, 0) is 12.0 Å². The molecule has 0 aromatic carbocycles. The summed E-state index contributed by atoms with van der Waals surface area (Å²) >= 11 is 0. The topological polar surface area (TPSA) is 95.1 Å². The Kier molecular flexibility index (Phi) is 7.44. The van der Waals surface area contributed by atoms with E-state index in [0.29, 0.717) is 6.42 Å². The number of hydrogen-bond acceptors (Lipinski definition) is 5. The first-order chi connectivity index (χ1) is 10.1. The van der Waals surface area contributed by atoms with Gasteiger partial charge in [0.05, 0.1) is 11.6 Å². The van der Waals surface area contributed by atoms with Crippen LogP contribution in [-0.4, -0.2) is 27.4 Å². The monoisotopic (exact) mass is 323 g/mol. The van der Waals surface area contributed by atoms with Gasteiger partial charge >= 0.3 is 12.3 Å².